The van der Waals surface area contributed by atoms with Gasteiger partial charge in [-0.3, -0.25) is 0 Å². The molecule has 3 heterocycles. The summed E-state index contributed by atoms with van der Waals surface area (Å²) in [6.45, 7) is 4.49. The number of amides is 2. The molecule has 168 valence electrons. The van der Waals surface area contributed by atoms with Crippen LogP contribution in [0.4, 0.5) is 16.3 Å². The number of carbonyl (C=O) groups is 1. The molecule has 0 atom stereocenters. The second-order valence-corrected chi connectivity index (χ2v) is 7.24. The van der Waals surface area contributed by atoms with Gasteiger partial charge in [0.25, 0.3) is 0 Å². The summed E-state index contributed by atoms with van der Waals surface area (Å²) >= 11 is 0. The summed E-state index contributed by atoms with van der Waals surface area (Å²) in [7, 11) is 3.14. The van der Waals surface area contributed by atoms with Crippen LogP contribution in [-0.2, 0) is 6.42 Å². The maximum atomic E-state index is 12.7. The number of anilines is 2. The minimum Gasteiger partial charge on any atom is -0.497 e. The van der Waals surface area contributed by atoms with Crippen molar-refractivity contribution in [3.05, 3.63) is 42.4 Å². The highest BCUT2D eigenvalue weighted by molar-refractivity contribution is 5.91. The van der Waals surface area contributed by atoms with Gasteiger partial charge in [-0.2, -0.15) is 4.98 Å². The number of rotatable bonds is 6. The van der Waals surface area contributed by atoms with E-state index in [0.717, 1.165) is 11.4 Å². The molecular weight excluding hydrogens is 412 g/mol. The molecule has 1 fully saturated rings. The van der Waals surface area contributed by atoms with Crippen LogP contribution in [0.3, 0.4) is 0 Å². The number of hydrogen-bond acceptors (Lipinski definition) is 8. The highest BCUT2D eigenvalue weighted by atomic mass is 16.5. The molecule has 0 spiro atoms. The van der Waals surface area contributed by atoms with Gasteiger partial charge >= 0.3 is 6.03 Å². The van der Waals surface area contributed by atoms with E-state index in [9.17, 15) is 4.79 Å². The largest absolute Gasteiger partial charge is 0.497 e. The average Bonchev–Trinajstić information content (AvgIpc) is 3.34. The van der Waals surface area contributed by atoms with Crippen molar-refractivity contribution in [2.24, 2.45) is 0 Å². The van der Waals surface area contributed by atoms with Crippen molar-refractivity contribution in [3.8, 4) is 22.9 Å². The number of aromatic nitrogens is 3. The van der Waals surface area contributed by atoms with Crippen LogP contribution in [0.2, 0.25) is 0 Å². The first-order valence-electron chi connectivity index (χ1n) is 10.4. The summed E-state index contributed by atoms with van der Waals surface area (Å²) < 4.78 is 15.7. The Balaban J connectivity index is 1.34. The fourth-order valence-corrected chi connectivity index (χ4v) is 3.46. The number of hydrogen-bond donors (Lipinski definition) is 1. The molecule has 0 radical (unpaired) electrons. The number of aryl methyl sites for hydroxylation is 1. The number of nitrogens with zero attached hydrogens (tertiary/aromatic N) is 5. The van der Waals surface area contributed by atoms with E-state index in [1.807, 2.05) is 19.1 Å². The molecule has 1 aromatic carbocycles. The van der Waals surface area contributed by atoms with Crippen molar-refractivity contribution >= 4 is 17.5 Å². The summed E-state index contributed by atoms with van der Waals surface area (Å²) in [6, 6.07) is 8.99. The van der Waals surface area contributed by atoms with Gasteiger partial charge in [0.15, 0.2) is 0 Å². The monoisotopic (exact) mass is 438 g/mol. The van der Waals surface area contributed by atoms with Crippen molar-refractivity contribution < 1.29 is 18.8 Å². The Morgan fingerprint density at radius 2 is 1.94 bits per heavy atom. The summed E-state index contributed by atoms with van der Waals surface area (Å²) in [5.41, 5.74) is 1.41. The predicted molar refractivity (Wildman–Crippen MR) is 119 cm³/mol. The van der Waals surface area contributed by atoms with E-state index >= 15 is 0 Å². The van der Waals surface area contributed by atoms with Gasteiger partial charge in [-0.1, -0.05) is 12.1 Å². The third kappa shape index (κ3) is 4.58. The molecule has 32 heavy (non-hydrogen) atoms. The third-order valence-corrected chi connectivity index (χ3v) is 5.32. The molecule has 10 heteroatoms. The molecule has 0 saturated carbocycles. The first-order chi connectivity index (χ1) is 15.6. The molecule has 1 aliphatic rings. The van der Waals surface area contributed by atoms with E-state index in [1.54, 1.807) is 43.5 Å². The van der Waals surface area contributed by atoms with E-state index in [-0.39, 0.29) is 6.03 Å². The maximum absolute atomic E-state index is 12.7. The number of ether oxygens (including phenoxy) is 2. The van der Waals surface area contributed by atoms with Crippen LogP contribution < -0.4 is 19.7 Å². The minimum absolute atomic E-state index is 0.166. The van der Waals surface area contributed by atoms with Gasteiger partial charge in [0.1, 0.15) is 17.3 Å². The van der Waals surface area contributed by atoms with Crippen LogP contribution in [0.15, 0.2) is 41.1 Å². The molecule has 1 saturated heterocycles. The Hall–Kier alpha value is -3.82. The molecule has 2 amide bonds. The lowest BCUT2D eigenvalue weighted by Crippen LogP contribution is -2.50. The molecule has 2 aromatic heterocycles. The lowest BCUT2D eigenvalue weighted by Gasteiger charge is -2.35. The molecule has 10 nitrogen and oxygen atoms in total. The standard InChI is InChI=1S/C22H26N6O4/c1-4-20-25-21(26-32-20)15-5-8-19(23-14-15)27-9-11-28(12-10-27)22(29)24-17-7-6-16(30-2)13-18(17)31-3/h5-8,13-14H,4,9-12H2,1-3H3,(H,24,29). The summed E-state index contributed by atoms with van der Waals surface area (Å²) in [5, 5.41) is 6.90. The van der Waals surface area contributed by atoms with Gasteiger partial charge in [-0.05, 0) is 24.3 Å². The van der Waals surface area contributed by atoms with E-state index in [2.05, 4.69) is 25.3 Å². The second kappa shape index (κ2) is 9.54. The Labute approximate surface area is 186 Å². The normalized spacial score (nSPS) is 13.7. The molecule has 0 bridgehead atoms. The average molecular weight is 438 g/mol. The fraction of sp³-hybridized carbons (Fsp3) is 0.364. The zero-order chi connectivity index (χ0) is 22.5. The number of nitrogens with one attached hydrogen (secondary N) is 1. The Kier molecular flexibility index (Phi) is 6.39. The smallest absolute Gasteiger partial charge is 0.322 e. The Bertz CT molecular complexity index is 1060. The van der Waals surface area contributed by atoms with E-state index in [4.69, 9.17) is 14.0 Å². The van der Waals surface area contributed by atoms with Crippen LogP contribution in [0.1, 0.15) is 12.8 Å². The molecule has 0 aliphatic carbocycles. The van der Waals surface area contributed by atoms with Crippen LogP contribution in [0.25, 0.3) is 11.4 Å². The number of carbonyl (C=O) groups excluding carboxylic acids is 1. The molecule has 0 unspecified atom stereocenters. The molecule has 1 N–H and O–H groups in total. The van der Waals surface area contributed by atoms with Crippen molar-refractivity contribution in [1.82, 2.24) is 20.0 Å². The maximum Gasteiger partial charge on any atom is 0.322 e. The first-order valence-corrected chi connectivity index (χ1v) is 10.4. The molecular formula is C22H26N6O4. The number of methoxy groups -OCH3 is 2. The van der Waals surface area contributed by atoms with Gasteiger partial charge in [0, 0.05) is 50.4 Å². The van der Waals surface area contributed by atoms with Crippen molar-refractivity contribution in [2.45, 2.75) is 13.3 Å². The summed E-state index contributed by atoms with van der Waals surface area (Å²) in [4.78, 5) is 25.5. The SMILES string of the molecule is CCc1nc(-c2ccc(N3CCN(C(=O)Nc4ccc(OC)cc4OC)CC3)nc2)no1. The van der Waals surface area contributed by atoms with Gasteiger partial charge < -0.3 is 29.1 Å². The fourth-order valence-electron chi connectivity index (χ4n) is 3.46. The van der Waals surface area contributed by atoms with Crippen LogP contribution in [0.5, 0.6) is 11.5 Å². The van der Waals surface area contributed by atoms with Crippen LogP contribution in [-0.4, -0.2) is 66.5 Å². The number of benzene rings is 1. The highest BCUT2D eigenvalue weighted by Gasteiger charge is 2.23. The van der Waals surface area contributed by atoms with Gasteiger partial charge in [-0.15, -0.1) is 0 Å². The lowest BCUT2D eigenvalue weighted by atomic mass is 10.2. The highest BCUT2D eigenvalue weighted by Crippen LogP contribution is 2.29. The number of pyridine rings is 1. The van der Waals surface area contributed by atoms with Crippen LogP contribution in [0, 0.1) is 0 Å². The van der Waals surface area contributed by atoms with Crippen LogP contribution >= 0.6 is 0 Å². The van der Waals surface area contributed by atoms with E-state index < -0.39 is 0 Å². The van der Waals surface area contributed by atoms with Crippen molar-refractivity contribution in [1.29, 1.82) is 0 Å². The zero-order valence-corrected chi connectivity index (χ0v) is 18.4. The summed E-state index contributed by atoms with van der Waals surface area (Å²) in [6.07, 6.45) is 2.44. The molecule has 4 rings (SSSR count). The topological polar surface area (TPSA) is 106 Å². The van der Waals surface area contributed by atoms with Gasteiger partial charge in [-0.25, -0.2) is 9.78 Å². The Morgan fingerprint density at radius 1 is 1.12 bits per heavy atom. The van der Waals surface area contributed by atoms with Crippen molar-refractivity contribution in [2.75, 3.05) is 50.6 Å². The van der Waals surface area contributed by atoms with Gasteiger partial charge in [0.2, 0.25) is 11.7 Å². The van der Waals surface area contributed by atoms with Crippen molar-refractivity contribution in [3.63, 3.8) is 0 Å². The lowest BCUT2D eigenvalue weighted by molar-refractivity contribution is 0.208. The molecule has 3 aromatic rings. The number of piperazine rings is 1. The molecule has 1 aliphatic heterocycles. The summed E-state index contributed by atoms with van der Waals surface area (Å²) in [5.74, 6) is 3.21. The first kappa shape index (κ1) is 21.4. The minimum atomic E-state index is -0.166. The quantitative estimate of drug-likeness (QED) is 0.626. The zero-order valence-electron chi connectivity index (χ0n) is 18.4. The second-order valence-electron chi connectivity index (χ2n) is 7.24. The van der Waals surface area contributed by atoms with Gasteiger partial charge in [0.05, 0.1) is 19.9 Å². The Morgan fingerprint density at radius 3 is 2.56 bits per heavy atom. The van der Waals surface area contributed by atoms with E-state index in [0.29, 0.717) is 61.5 Å². The number of urea groups is 1. The third-order valence-electron chi connectivity index (χ3n) is 5.32. The van der Waals surface area contributed by atoms with E-state index in [1.165, 1.54) is 0 Å². The predicted octanol–water partition coefficient (Wildman–Crippen LogP) is 3.07.